The largest absolute Gasteiger partial charge is 0.352 e. The number of hydrogen-bond donors (Lipinski definition) is 2. The molecule has 1 saturated carbocycles. The normalized spacial score (nSPS) is 18.9. The number of rotatable bonds is 3. The third-order valence-electron chi connectivity index (χ3n) is 3.64. The maximum absolute atomic E-state index is 12.1. The second kappa shape index (κ2) is 6.55. The highest BCUT2D eigenvalue weighted by Crippen LogP contribution is 2.18. The van der Waals surface area contributed by atoms with Crippen LogP contribution in [0.2, 0.25) is 0 Å². The monoisotopic (exact) mass is 246 g/mol. The summed E-state index contributed by atoms with van der Waals surface area (Å²) in [4.78, 5) is 12.1. The van der Waals surface area contributed by atoms with Crippen LogP contribution in [0.15, 0.2) is 30.3 Å². The molecule has 0 heterocycles. The molecule has 1 aromatic carbocycles. The van der Waals surface area contributed by atoms with Crippen LogP contribution in [0.1, 0.15) is 50.1 Å². The molecule has 1 aliphatic carbocycles. The van der Waals surface area contributed by atoms with Gasteiger partial charge >= 0.3 is 0 Å². The van der Waals surface area contributed by atoms with Crippen molar-refractivity contribution in [2.45, 2.75) is 50.6 Å². The molecule has 3 heteroatoms. The molecule has 1 aliphatic rings. The Bertz CT molecular complexity index is 369. The molecule has 0 radical (unpaired) electrons. The molecule has 0 bridgehead atoms. The van der Waals surface area contributed by atoms with Crippen LogP contribution < -0.4 is 11.1 Å². The van der Waals surface area contributed by atoms with E-state index < -0.39 is 6.04 Å². The highest BCUT2D eigenvalue weighted by Gasteiger charge is 2.20. The first kappa shape index (κ1) is 13.1. The lowest BCUT2D eigenvalue weighted by Gasteiger charge is -2.19. The van der Waals surface area contributed by atoms with Gasteiger partial charge in [-0.3, -0.25) is 4.79 Å². The third kappa shape index (κ3) is 3.57. The van der Waals surface area contributed by atoms with Crippen molar-refractivity contribution in [3.8, 4) is 0 Å². The van der Waals surface area contributed by atoms with Gasteiger partial charge in [0.1, 0.15) is 6.04 Å². The van der Waals surface area contributed by atoms with Crippen molar-refractivity contribution in [2.24, 2.45) is 5.73 Å². The summed E-state index contributed by atoms with van der Waals surface area (Å²) in [5, 5.41) is 3.09. The fraction of sp³-hybridized carbons (Fsp3) is 0.533. The van der Waals surface area contributed by atoms with E-state index in [1.54, 1.807) is 0 Å². The second-order valence-corrected chi connectivity index (χ2v) is 5.09. The standard InChI is InChI=1S/C15H22N2O/c16-14(12-8-4-3-5-9-12)15(18)17-13-10-6-1-2-7-11-13/h3-5,8-9,13-14H,1-2,6-7,10-11,16H2,(H,17,18). The minimum Gasteiger partial charge on any atom is -0.352 e. The topological polar surface area (TPSA) is 55.1 Å². The zero-order valence-corrected chi connectivity index (χ0v) is 10.8. The molecule has 1 aromatic rings. The molecular formula is C15H22N2O. The number of nitrogens with one attached hydrogen (secondary N) is 1. The first-order valence-corrected chi connectivity index (χ1v) is 6.88. The molecule has 0 spiro atoms. The van der Waals surface area contributed by atoms with Crippen molar-refractivity contribution in [3.63, 3.8) is 0 Å². The zero-order valence-electron chi connectivity index (χ0n) is 10.8. The Balaban J connectivity index is 1.90. The quantitative estimate of drug-likeness (QED) is 0.805. The van der Waals surface area contributed by atoms with Crippen LogP contribution >= 0.6 is 0 Å². The minimum atomic E-state index is -0.547. The van der Waals surface area contributed by atoms with Gasteiger partial charge in [-0.25, -0.2) is 0 Å². The second-order valence-electron chi connectivity index (χ2n) is 5.09. The molecule has 3 nitrogen and oxygen atoms in total. The number of amides is 1. The SMILES string of the molecule is NC(C(=O)NC1CCCCCC1)c1ccccc1. The molecule has 1 amide bonds. The fourth-order valence-electron chi connectivity index (χ4n) is 2.53. The van der Waals surface area contributed by atoms with E-state index in [0.717, 1.165) is 18.4 Å². The number of nitrogens with two attached hydrogens (primary N) is 1. The van der Waals surface area contributed by atoms with Gasteiger partial charge < -0.3 is 11.1 Å². The van der Waals surface area contributed by atoms with Crippen molar-refractivity contribution in [1.29, 1.82) is 0 Å². The van der Waals surface area contributed by atoms with Crippen molar-refractivity contribution < 1.29 is 4.79 Å². The first-order valence-electron chi connectivity index (χ1n) is 6.88. The summed E-state index contributed by atoms with van der Waals surface area (Å²) in [5.74, 6) is -0.0481. The van der Waals surface area contributed by atoms with Crippen molar-refractivity contribution in [1.82, 2.24) is 5.32 Å². The molecule has 0 saturated heterocycles. The molecule has 3 N–H and O–H groups in total. The maximum Gasteiger partial charge on any atom is 0.241 e. The Morgan fingerprint density at radius 1 is 1.11 bits per heavy atom. The Hall–Kier alpha value is -1.35. The van der Waals surface area contributed by atoms with Gasteiger partial charge in [0.15, 0.2) is 0 Å². The third-order valence-corrected chi connectivity index (χ3v) is 3.64. The first-order chi connectivity index (χ1) is 8.77. The van der Waals surface area contributed by atoms with E-state index in [4.69, 9.17) is 5.73 Å². The van der Waals surface area contributed by atoms with Gasteiger partial charge in [-0.15, -0.1) is 0 Å². The van der Waals surface area contributed by atoms with E-state index >= 15 is 0 Å². The molecule has 1 fully saturated rings. The predicted molar refractivity (Wildman–Crippen MR) is 73.0 cm³/mol. The Morgan fingerprint density at radius 2 is 1.72 bits per heavy atom. The van der Waals surface area contributed by atoms with Crippen LogP contribution in [-0.4, -0.2) is 11.9 Å². The average molecular weight is 246 g/mol. The van der Waals surface area contributed by atoms with Gasteiger partial charge in [0.2, 0.25) is 5.91 Å². The van der Waals surface area contributed by atoms with Crippen LogP contribution in [0.25, 0.3) is 0 Å². The van der Waals surface area contributed by atoms with Crippen LogP contribution in [0.3, 0.4) is 0 Å². The Morgan fingerprint density at radius 3 is 2.33 bits per heavy atom. The molecule has 1 atom stereocenters. The zero-order chi connectivity index (χ0) is 12.8. The van der Waals surface area contributed by atoms with E-state index in [9.17, 15) is 4.79 Å². The van der Waals surface area contributed by atoms with Crippen LogP contribution in [0.4, 0.5) is 0 Å². The number of hydrogen-bond acceptors (Lipinski definition) is 2. The van der Waals surface area contributed by atoms with Gasteiger partial charge in [-0.05, 0) is 18.4 Å². The Labute approximate surface area is 109 Å². The summed E-state index contributed by atoms with van der Waals surface area (Å²) in [7, 11) is 0. The molecule has 98 valence electrons. The van der Waals surface area contributed by atoms with Crippen molar-refractivity contribution in [3.05, 3.63) is 35.9 Å². The lowest BCUT2D eigenvalue weighted by Crippen LogP contribution is -2.40. The van der Waals surface area contributed by atoms with E-state index in [0.29, 0.717) is 6.04 Å². The molecule has 0 aromatic heterocycles. The van der Waals surface area contributed by atoms with Crippen LogP contribution in [0.5, 0.6) is 0 Å². The highest BCUT2D eigenvalue weighted by molar-refractivity contribution is 5.83. The summed E-state index contributed by atoms with van der Waals surface area (Å²) in [6.45, 7) is 0. The van der Waals surface area contributed by atoms with Gasteiger partial charge in [0.25, 0.3) is 0 Å². The van der Waals surface area contributed by atoms with Gasteiger partial charge in [0.05, 0.1) is 0 Å². The van der Waals surface area contributed by atoms with Crippen LogP contribution in [-0.2, 0) is 4.79 Å². The minimum absolute atomic E-state index is 0.0481. The molecule has 2 rings (SSSR count). The smallest absolute Gasteiger partial charge is 0.241 e. The van der Waals surface area contributed by atoms with Crippen molar-refractivity contribution >= 4 is 5.91 Å². The Kier molecular flexibility index (Phi) is 4.76. The predicted octanol–water partition coefficient (Wildman–Crippen LogP) is 2.53. The van der Waals surface area contributed by atoms with Gasteiger partial charge in [-0.2, -0.15) is 0 Å². The van der Waals surface area contributed by atoms with Crippen LogP contribution in [0, 0.1) is 0 Å². The van der Waals surface area contributed by atoms with E-state index in [-0.39, 0.29) is 5.91 Å². The summed E-state index contributed by atoms with van der Waals surface area (Å²) >= 11 is 0. The number of carbonyl (C=O) groups is 1. The summed E-state index contributed by atoms with van der Waals surface area (Å²) in [6.07, 6.45) is 7.19. The number of carbonyl (C=O) groups excluding carboxylic acids is 1. The summed E-state index contributed by atoms with van der Waals surface area (Å²) in [5.41, 5.74) is 6.86. The lowest BCUT2D eigenvalue weighted by molar-refractivity contribution is -0.123. The molecule has 0 aliphatic heterocycles. The maximum atomic E-state index is 12.1. The van der Waals surface area contributed by atoms with Crippen molar-refractivity contribution in [2.75, 3.05) is 0 Å². The number of benzene rings is 1. The molecule has 1 unspecified atom stereocenters. The van der Waals surface area contributed by atoms with E-state index in [1.807, 2.05) is 30.3 Å². The average Bonchev–Trinajstić information content (AvgIpc) is 2.67. The molecule has 18 heavy (non-hydrogen) atoms. The van der Waals surface area contributed by atoms with E-state index in [2.05, 4.69) is 5.32 Å². The molecular weight excluding hydrogens is 224 g/mol. The summed E-state index contributed by atoms with van der Waals surface area (Å²) in [6, 6.07) is 9.32. The highest BCUT2D eigenvalue weighted by atomic mass is 16.2. The van der Waals surface area contributed by atoms with Gasteiger partial charge in [-0.1, -0.05) is 56.0 Å². The lowest BCUT2D eigenvalue weighted by atomic mass is 10.1. The van der Waals surface area contributed by atoms with E-state index in [1.165, 1.54) is 25.7 Å². The fourth-order valence-corrected chi connectivity index (χ4v) is 2.53. The summed E-state index contributed by atoms with van der Waals surface area (Å²) < 4.78 is 0. The van der Waals surface area contributed by atoms with Gasteiger partial charge in [0, 0.05) is 6.04 Å².